The highest BCUT2D eigenvalue weighted by molar-refractivity contribution is 4.83. The normalized spacial score (nSPS) is 27.9. The van der Waals surface area contributed by atoms with Gasteiger partial charge in [0.05, 0.1) is 18.6 Å². The molecule has 2 atom stereocenters. The zero-order chi connectivity index (χ0) is 8.97. The van der Waals surface area contributed by atoms with Crippen LogP contribution in [0.15, 0.2) is 0 Å². The summed E-state index contributed by atoms with van der Waals surface area (Å²) in [7, 11) is 0. The van der Waals surface area contributed by atoms with Crippen molar-refractivity contribution < 1.29 is 5.11 Å². The summed E-state index contributed by atoms with van der Waals surface area (Å²) in [5.41, 5.74) is 0. The van der Waals surface area contributed by atoms with Gasteiger partial charge in [0.25, 0.3) is 0 Å². The molecule has 0 amide bonds. The zero-order valence-corrected chi connectivity index (χ0v) is 7.53. The van der Waals surface area contributed by atoms with Crippen LogP contribution in [0.2, 0.25) is 0 Å². The molecule has 0 aliphatic carbocycles. The van der Waals surface area contributed by atoms with Gasteiger partial charge in [-0.05, 0) is 26.3 Å². The second-order valence-corrected chi connectivity index (χ2v) is 3.50. The molecule has 1 unspecified atom stereocenters. The highest BCUT2D eigenvalue weighted by atomic mass is 16.3. The van der Waals surface area contributed by atoms with Gasteiger partial charge in [0, 0.05) is 12.6 Å². The molecule has 0 bridgehead atoms. The van der Waals surface area contributed by atoms with E-state index in [1.165, 1.54) is 0 Å². The first kappa shape index (κ1) is 9.50. The minimum Gasteiger partial charge on any atom is -0.392 e. The van der Waals surface area contributed by atoms with Crippen LogP contribution in [-0.2, 0) is 0 Å². The molecule has 1 aliphatic rings. The minimum atomic E-state index is -0.181. The molecule has 1 N–H and O–H groups in total. The van der Waals surface area contributed by atoms with E-state index in [0.717, 1.165) is 25.9 Å². The number of aliphatic hydroxyl groups excluding tert-OH is 1. The van der Waals surface area contributed by atoms with Gasteiger partial charge in [-0.1, -0.05) is 0 Å². The minimum absolute atomic E-state index is 0.181. The molecular weight excluding hydrogens is 152 g/mol. The van der Waals surface area contributed by atoms with Crippen molar-refractivity contribution in [2.75, 3.05) is 13.1 Å². The number of rotatable bonds is 2. The van der Waals surface area contributed by atoms with Gasteiger partial charge in [-0.3, -0.25) is 4.90 Å². The lowest BCUT2D eigenvalue weighted by Crippen LogP contribution is -2.43. The third kappa shape index (κ3) is 2.47. The molecule has 1 rings (SSSR count). The highest BCUT2D eigenvalue weighted by Gasteiger charge is 2.21. The van der Waals surface area contributed by atoms with Crippen LogP contribution in [0.5, 0.6) is 0 Å². The molecule has 3 heteroatoms. The average Bonchev–Trinajstić information content (AvgIpc) is 2.05. The third-order valence-corrected chi connectivity index (χ3v) is 2.44. The topological polar surface area (TPSA) is 47.3 Å². The highest BCUT2D eigenvalue weighted by Crippen LogP contribution is 2.13. The Balaban J connectivity index is 2.35. The van der Waals surface area contributed by atoms with Gasteiger partial charge in [-0.25, -0.2) is 0 Å². The van der Waals surface area contributed by atoms with Gasteiger partial charge in [-0.15, -0.1) is 0 Å². The van der Waals surface area contributed by atoms with E-state index >= 15 is 0 Å². The average molecular weight is 168 g/mol. The maximum atomic E-state index is 9.37. The first-order chi connectivity index (χ1) is 5.74. The van der Waals surface area contributed by atoms with Crippen molar-refractivity contribution in [2.24, 2.45) is 0 Å². The van der Waals surface area contributed by atoms with Crippen molar-refractivity contribution >= 4 is 0 Å². The Hall–Kier alpha value is -0.590. The molecule has 0 aromatic carbocycles. The Morgan fingerprint density at radius 1 is 1.75 bits per heavy atom. The van der Waals surface area contributed by atoms with Crippen LogP contribution >= 0.6 is 0 Å². The van der Waals surface area contributed by atoms with Crippen molar-refractivity contribution in [3.63, 3.8) is 0 Å². The van der Waals surface area contributed by atoms with Crippen molar-refractivity contribution in [2.45, 2.75) is 38.3 Å². The molecule has 0 aromatic rings. The summed E-state index contributed by atoms with van der Waals surface area (Å²) >= 11 is 0. The van der Waals surface area contributed by atoms with Crippen LogP contribution in [0.1, 0.15) is 26.2 Å². The molecule has 0 aromatic heterocycles. The number of hydrogen-bond donors (Lipinski definition) is 1. The SMILES string of the molecule is CC(CC#N)N1CCC[C@H](O)C1. The van der Waals surface area contributed by atoms with Gasteiger partial charge in [-0.2, -0.15) is 5.26 Å². The summed E-state index contributed by atoms with van der Waals surface area (Å²) in [6.07, 6.45) is 2.35. The predicted octanol–water partition coefficient (Wildman–Crippen LogP) is 0.745. The molecular formula is C9H16N2O. The Morgan fingerprint density at radius 3 is 3.08 bits per heavy atom. The largest absolute Gasteiger partial charge is 0.392 e. The molecule has 0 saturated carbocycles. The number of nitrogens with zero attached hydrogens (tertiary/aromatic N) is 2. The lowest BCUT2D eigenvalue weighted by atomic mass is 10.1. The van der Waals surface area contributed by atoms with Crippen molar-refractivity contribution in [1.82, 2.24) is 4.90 Å². The third-order valence-electron chi connectivity index (χ3n) is 2.44. The first-order valence-corrected chi connectivity index (χ1v) is 4.53. The van der Waals surface area contributed by atoms with Crippen molar-refractivity contribution in [1.29, 1.82) is 5.26 Å². The molecule has 1 fully saturated rings. The molecule has 12 heavy (non-hydrogen) atoms. The number of likely N-dealkylation sites (tertiary alicyclic amines) is 1. The van der Waals surface area contributed by atoms with E-state index < -0.39 is 0 Å². The molecule has 1 saturated heterocycles. The van der Waals surface area contributed by atoms with E-state index in [0.29, 0.717) is 12.5 Å². The molecule has 1 heterocycles. The summed E-state index contributed by atoms with van der Waals surface area (Å²) in [5, 5.41) is 17.9. The second kappa shape index (κ2) is 4.44. The fourth-order valence-corrected chi connectivity index (χ4v) is 1.64. The zero-order valence-electron chi connectivity index (χ0n) is 7.53. The van der Waals surface area contributed by atoms with Crippen LogP contribution in [0, 0.1) is 11.3 Å². The van der Waals surface area contributed by atoms with E-state index in [-0.39, 0.29) is 6.10 Å². The number of piperidine rings is 1. The Morgan fingerprint density at radius 2 is 2.50 bits per heavy atom. The van der Waals surface area contributed by atoms with Crippen LogP contribution in [0.4, 0.5) is 0 Å². The first-order valence-electron chi connectivity index (χ1n) is 4.53. The quantitative estimate of drug-likeness (QED) is 0.661. The van der Waals surface area contributed by atoms with Gasteiger partial charge in [0.1, 0.15) is 0 Å². The fraction of sp³-hybridized carbons (Fsp3) is 0.889. The summed E-state index contributed by atoms with van der Waals surface area (Å²) in [6, 6.07) is 2.45. The summed E-state index contributed by atoms with van der Waals surface area (Å²) in [6.45, 7) is 3.81. The predicted molar refractivity (Wildman–Crippen MR) is 46.5 cm³/mol. The van der Waals surface area contributed by atoms with Crippen LogP contribution in [0.25, 0.3) is 0 Å². The van der Waals surface area contributed by atoms with Crippen molar-refractivity contribution in [3.8, 4) is 6.07 Å². The maximum Gasteiger partial charge on any atom is 0.0667 e. The fourth-order valence-electron chi connectivity index (χ4n) is 1.64. The molecule has 1 aliphatic heterocycles. The number of β-amino-alcohol motifs (C(OH)–C–C–N with tert-alkyl or cyclic N) is 1. The summed E-state index contributed by atoms with van der Waals surface area (Å²) in [5.74, 6) is 0. The van der Waals surface area contributed by atoms with E-state index in [9.17, 15) is 5.11 Å². The monoisotopic (exact) mass is 168 g/mol. The van der Waals surface area contributed by atoms with Crippen LogP contribution in [0.3, 0.4) is 0 Å². The molecule has 3 nitrogen and oxygen atoms in total. The lowest BCUT2D eigenvalue weighted by Gasteiger charge is -2.33. The standard InChI is InChI=1S/C9H16N2O/c1-8(4-5-10)11-6-2-3-9(12)7-11/h8-9,12H,2-4,6-7H2,1H3/t8?,9-/m0/s1. The van der Waals surface area contributed by atoms with Gasteiger partial charge in [0.2, 0.25) is 0 Å². The summed E-state index contributed by atoms with van der Waals surface area (Å²) < 4.78 is 0. The van der Waals surface area contributed by atoms with E-state index in [1.54, 1.807) is 0 Å². The number of nitriles is 1. The van der Waals surface area contributed by atoms with E-state index in [4.69, 9.17) is 5.26 Å². The van der Waals surface area contributed by atoms with Gasteiger partial charge in [0.15, 0.2) is 0 Å². The Bertz CT molecular complexity index is 176. The molecule has 0 spiro atoms. The Kier molecular flexibility index (Phi) is 3.51. The summed E-state index contributed by atoms with van der Waals surface area (Å²) in [4.78, 5) is 2.19. The molecule has 68 valence electrons. The number of aliphatic hydroxyl groups is 1. The second-order valence-electron chi connectivity index (χ2n) is 3.50. The van der Waals surface area contributed by atoms with Crippen molar-refractivity contribution in [3.05, 3.63) is 0 Å². The maximum absolute atomic E-state index is 9.37. The van der Waals surface area contributed by atoms with E-state index in [1.807, 2.05) is 6.92 Å². The molecule has 0 radical (unpaired) electrons. The Labute approximate surface area is 73.6 Å². The van der Waals surface area contributed by atoms with Gasteiger partial charge >= 0.3 is 0 Å². The smallest absolute Gasteiger partial charge is 0.0667 e. The van der Waals surface area contributed by atoms with Crippen LogP contribution in [-0.4, -0.2) is 35.2 Å². The van der Waals surface area contributed by atoms with E-state index in [2.05, 4.69) is 11.0 Å². The lowest BCUT2D eigenvalue weighted by molar-refractivity contribution is 0.0516. The van der Waals surface area contributed by atoms with Gasteiger partial charge < -0.3 is 5.11 Å². The van der Waals surface area contributed by atoms with Crippen LogP contribution < -0.4 is 0 Å². The number of hydrogen-bond acceptors (Lipinski definition) is 3.